The number of hydrogen-bond acceptors (Lipinski definition) is 2. The summed E-state index contributed by atoms with van der Waals surface area (Å²) in [5, 5.41) is 0. The van der Waals surface area contributed by atoms with Gasteiger partial charge in [0.1, 0.15) is 5.82 Å². The van der Waals surface area contributed by atoms with Crippen LogP contribution in [-0.2, 0) is 13.0 Å². The van der Waals surface area contributed by atoms with Gasteiger partial charge in [-0.05, 0) is 36.7 Å². The molecule has 0 bridgehead atoms. The van der Waals surface area contributed by atoms with Gasteiger partial charge in [-0.15, -0.1) is 0 Å². The fraction of sp³-hybridized carbons (Fsp3) is 0.423. The minimum Gasteiger partial charge on any atom is -0.330 e. The maximum Gasteiger partial charge on any atom is 0.110 e. The molecule has 1 saturated carbocycles. The van der Waals surface area contributed by atoms with Crippen LogP contribution >= 0.6 is 0 Å². The van der Waals surface area contributed by atoms with Crippen LogP contribution in [-0.4, -0.2) is 15.1 Å². The number of imidazole rings is 1. The smallest absolute Gasteiger partial charge is 0.110 e. The largest absolute Gasteiger partial charge is 0.330 e. The molecule has 0 atom stereocenters. The number of rotatable bonds is 9. The average molecular weight is 388 g/mol. The van der Waals surface area contributed by atoms with E-state index in [1.807, 2.05) is 0 Å². The minimum absolute atomic E-state index is 0.155. The lowest BCUT2D eigenvalue weighted by Crippen LogP contribution is -2.23. The average Bonchev–Trinajstić information content (AvgIpc) is 3.32. The van der Waals surface area contributed by atoms with Gasteiger partial charge in [0.05, 0.1) is 5.69 Å². The topological polar surface area (TPSA) is 43.8 Å². The fourth-order valence-electron chi connectivity index (χ4n) is 4.11. The third-order valence-corrected chi connectivity index (χ3v) is 6.18. The lowest BCUT2D eigenvalue weighted by Gasteiger charge is -2.25. The van der Waals surface area contributed by atoms with Gasteiger partial charge in [0.15, 0.2) is 0 Å². The summed E-state index contributed by atoms with van der Waals surface area (Å²) >= 11 is 0. The highest BCUT2D eigenvalue weighted by molar-refractivity contribution is 5.58. The van der Waals surface area contributed by atoms with Crippen LogP contribution in [0.3, 0.4) is 0 Å². The van der Waals surface area contributed by atoms with Gasteiger partial charge in [-0.1, -0.05) is 80.9 Å². The van der Waals surface area contributed by atoms with Crippen molar-refractivity contribution in [1.82, 2.24) is 9.55 Å². The van der Waals surface area contributed by atoms with Crippen LogP contribution < -0.4 is 5.73 Å². The van der Waals surface area contributed by atoms with Gasteiger partial charge in [-0.25, -0.2) is 4.98 Å². The number of nitrogens with two attached hydrogens (primary N) is 1. The molecule has 3 nitrogen and oxygen atoms in total. The summed E-state index contributed by atoms with van der Waals surface area (Å²) < 4.78 is 2.34. The summed E-state index contributed by atoms with van der Waals surface area (Å²) in [6.07, 6.45) is 9.14. The van der Waals surface area contributed by atoms with Crippen LogP contribution in [0.25, 0.3) is 11.3 Å². The second-order valence-electron chi connectivity index (χ2n) is 9.58. The Morgan fingerprint density at radius 1 is 1.00 bits per heavy atom. The predicted molar refractivity (Wildman–Crippen MR) is 121 cm³/mol. The molecule has 0 aliphatic heterocycles. The molecule has 152 valence electrons. The molecule has 1 aliphatic rings. The summed E-state index contributed by atoms with van der Waals surface area (Å²) in [7, 11) is 0. The third kappa shape index (κ3) is 5.36. The van der Waals surface area contributed by atoms with Gasteiger partial charge >= 0.3 is 0 Å². The van der Waals surface area contributed by atoms with Crippen molar-refractivity contribution >= 4 is 0 Å². The van der Waals surface area contributed by atoms with Gasteiger partial charge in [-0.2, -0.15) is 0 Å². The van der Waals surface area contributed by atoms with Crippen molar-refractivity contribution in [3.63, 3.8) is 0 Å². The Balaban J connectivity index is 1.53. The predicted octanol–water partition coefficient (Wildman–Crippen LogP) is 5.83. The molecular weight excluding hydrogens is 354 g/mol. The molecule has 0 saturated heterocycles. The molecular formula is C26H33N3. The van der Waals surface area contributed by atoms with Gasteiger partial charge in [-0.3, -0.25) is 0 Å². The van der Waals surface area contributed by atoms with Crippen molar-refractivity contribution in [1.29, 1.82) is 0 Å². The molecule has 0 spiro atoms. The second kappa shape index (κ2) is 8.16. The lowest BCUT2D eigenvalue weighted by molar-refractivity contribution is 0.302. The first-order valence-corrected chi connectivity index (χ1v) is 10.9. The molecule has 1 heterocycles. The highest BCUT2D eigenvalue weighted by atomic mass is 15.1. The molecule has 0 unspecified atom stereocenters. The van der Waals surface area contributed by atoms with E-state index in [2.05, 4.69) is 85.3 Å². The standard InChI is InChI=1S/C26H33N3/c1-25(2,14-9-15-26(27)16-17-26)18-24-28-23(22-12-7-4-8-13-22)20-29(24)19-21-10-5-3-6-11-21/h3-8,10-13,20H,9,14-19,27H2,1-2H3. The summed E-state index contributed by atoms with van der Waals surface area (Å²) in [6.45, 7) is 5.59. The molecule has 0 radical (unpaired) electrons. The molecule has 2 N–H and O–H groups in total. The summed E-state index contributed by atoms with van der Waals surface area (Å²) in [6, 6.07) is 21.1. The molecule has 3 heteroatoms. The minimum atomic E-state index is 0.155. The Morgan fingerprint density at radius 2 is 1.66 bits per heavy atom. The fourth-order valence-corrected chi connectivity index (χ4v) is 4.11. The van der Waals surface area contributed by atoms with E-state index in [-0.39, 0.29) is 11.0 Å². The van der Waals surface area contributed by atoms with Crippen molar-refractivity contribution in [2.75, 3.05) is 0 Å². The second-order valence-corrected chi connectivity index (χ2v) is 9.58. The lowest BCUT2D eigenvalue weighted by atomic mass is 9.83. The van der Waals surface area contributed by atoms with Crippen molar-refractivity contribution in [2.45, 2.75) is 64.5 Å². The van der Waals surface area contributed by atoms with Crippen LogP contribution in [0.15, 0.2) is 66.9 Å². The van der Waals surface area contributed by atoms with E-state index in [9.17, 15) is 0 Å². The van der Waals surface area contributed by atoms with Crippen LogP contribution in [0.1, 0.15) is 57.3 Å². The first-order chi connectivity index (χ1) is 13.9. The zero-order valence-electron chi connectivity index (χ0n) is 17.8. The molecule has 1 aliphatic carbocycles. The normalized spacial score (nSPS) is 15.4. The number of benzene rings is 2. The van der Waals surface area contributed by atoms with E-state index in [4.69, 9.17) is 10.7 Å². The number of aromatic nitrogens is 2. The highest BCUT2D eigenvalue weighted by Crippen LogP contribution is 2.39. The zero-order chi connectivity index (χ0) is 20.3. The van der Waals surface area contributed by atoms with E-state index in [0.29, 0.717) is 0 Å². The van der Waals surface area contributed by atoms with E-state index < -0.39 is 0 Å². The Hall–Kier alpha value is -2.39. The van der Waals surface area contributed by atoms with E-state index in [1.165, 1.54) is 42.6 Å². The van der Waals surface area contributed by atoms with E-state index in [1.54, 1.807) is 0 Å². The molecule has 1 aromatic heterocycles. The quantitative estimate of drug-likeness (QED) is 0.502. The first kappa shape index (κ1) is 19.9. The molecule has 2 aromatic carbocycles. The van der Waals surface area contributed by atoms with Gasteiger partial charge in [0.2, 0.25) is 0 Å². The summed E-state index contributed by atoms with van der Waals surface area (Å²) in [5.74, 6) is 1.17. The van der Waals surface area contributed by atoms with Crippen LogP contribution in [0.2, 0.25) is 0 Å². The number of hydrogen-bond donors (Lipinski definition) is 1. The van der Waals surface area contributed by atoms with Crippen molar-refractivity contribution in [2.24, 2.45) is 11.1 Å². The summed E-state index contributed by atoms with van der Waals surface area (Å²) in [5.41, 5.74) is 10.2. The Kier molecular flexibility index (Phi) is 5.60. The number of nitrogens with zero attached hydrogens (tertiary/aromatic N) is 2. The zero-order valence-corrected chi connectivity index (χ0v) is 17.8. The third-order valence-electron chi connectivity index (χ3n) is 6.18. The Labute approximate surface area is 175 Å². The molecule has 4 rings (SSSR count). The van der Waals surface area contributed by atoms with Crippen LogP contribution in [0.4, 0.5) is 0 Å². The molecule has 1 fully saturated rings. The van der Waals surface area contributed by atoms with Gasteiger partial charge in [0.25, 0.3) is 0 Å². The summed E-state index contributed by atoms with van der Waals surface area (Å²) in [4.78, 5) is 5.07. The van der Waals surface area contributed by atoms with E-state index >= 15 is 0 Å². The first-order valence-electron chi connectivity index (χ1n) is 10.9. The highest BCUT2D eigenvalue weighted by Gasteiger charge is 2.37. The SMILES string of the molecule is CC(C)(CCCC1(N)CC1)Cc1nc(-c2ccccc2)cn1Cc1ccccc1. The Morgan fingerprint density at radius 3 is 2.31 bits per heavy atom. The molecule has 3 aromatic rings. The van der Waals surface area contributed by atoms with Crippen LogP contribution in [0, 0.1) is 5.41 Å². The monoisotopic (exact) mass is 387 g/mol. The van der Waals surface area contributed by atoms with E-state index in [0.717, 1.165) is 25.1 Å². The van der Waals surface area contributed by atoms with Gasteiger partial charge < -0.3 is 10.3 Å². The van der Waals surface area contributed by atoms with Crippen LogP contribution in [0.5, 0.6) is 0 Å². The molecule has 29 heavy (non-hydrogen) atoms. The maximum absolute atomic E-state index is 6.29. The van der Waals surface area contributed by atoms with Crippen molar-refractivity contribution in [3.8, 4) is 11.3 Å². The van der Waals surface area contributed by atoms with Crippen molar-refractivity contribution in [3.05, 3.63) is 78.2 Å². The van der Waals surface area contributed by atoms with Crippen molar-refractivity contribution < 1.29 is 0 Å². The Bertz CT molecular complexity index is 921. The molecule has 0 amide bonds. The van der Waals surface area contributed by atoms with Gasteiger partial charge in [0, 0.05) is 30.3 Å². The maximum atomic E-state index is 6.29.